The normalized spacial score (nSPS) is 11.8. The van der Waals surface area contributed by atoms with Gasteiger partial charge in [-0.25, -0.2) is 0 Å². The summed E-state index contributed by atoms with van der Waals surface area (Å²) in [6.07, 6.45) is 0. The highest BCUT2D eigenvalue weighted by Crippen LogP contribution is 2.30. The summed E-state index contributed by atoms with van der Waals surface area (Å²) in [4.78, 5) is 15.2. The molecule has 0 saturated carbocycles. The van der Waals surface area contributed by atoms with Crippen molar-refractivity contribution in [3.8, 4) is 5.75 Å². The second-order valence-corrected chi connectivity index (χ2v) is 5.72. The fraction of sp³-hybridized carbons (Fsp3) is 0.588. The summed E-state index contributed by atoms with van der Waals surface area (Å²) < 4.78 is 5.43. The third kappa shape index (κ3) is 3.04. The molecular formula is C17H27NO2. The molecule has 0 unspecified atom stereocenters. The number of ether oxygens (including phenoxy) is 1. The van der Waals surface area contributed by atoms with E-state index in [0.29, 0.717) is 11.3 Å². The van der Waals surface area contributed by atoms with Crippen LogP contribution in [0, 0.1) is 13.8 Å². The van der Waals surface area contributed by atoms with Crippen LogP contribution in [0.2, 0.25) is 0 Å². The number of benzene rings is 1. The molecule has 0 heterocycles. The fourth-order valence-electron chi connectivity index (χ4n) is 2.84. The third-order valence-corrected chi connectivity index (χ3v) is 4.00. The monoisotopic (exact) mass is 277 g/mol. The van der Waals surface area contributed by atoms with Gasteiger partial charge in [-0.3, -0.25) is 9.69 Å². The van der Waals surface area contributed by atoms with Gasteiger partial charge >= 0.3 is 0 Å². The molecule has 0 N–H and O–H groups in total. The van der Waals surface area contributed by atoms with E-state index in [9.17, 15) is 4.79 Å². The van der Waals surface area contributed by atoms with Crippen LogP contribution in [0.3, 0.4) is 0 Å². The minimum atomic E-state index is -0.531. The molecular weight excluding hydrogens is 250 g/mol. The Labute approximate surface area is 122 Å². The van der Waals surface area contributed by atoms with Crippen LogP contribution < -0.4 is 4.74 Å². The van der Waals surface area contributed by atoms with Crippen LogP contribution in [0.25, 0.3) is 0 Å². The molecule has 0 aromatic heterocycles. The molecule has 0 amide bonds. The van der Waals surface area contributed by atoms with Gasteiger partial charge in [-0.05, 0) is 58.0 Å². The number of methoxy groups -OCH3 is 1. The summed E-state index contributed by atoms with van der Waals surface area (Å²) in [5.41, 5.74) is 2.26. The van der Waals surface area contributed by atoms with E-state index in [1.807, 2.05) is 39.8 Å². The van der Waals surface area contributed by atoms with Crippen LogP contribution in [0.15, 0.2) is 12.1 Å². The maximum absolute atomic E-state index is 13.0. The molecule has 112 valence electrons. The Kier molecular flexibility index (Phi) is 5.35. The summed E-state index contributed by atoms with van der Waals surface area (Å²) in [5, 5.41) is 0. The van der Waals surface area contributed by atoms with Crippen LogP contribution in [0.4, 0.5) is 0 Å². The summed E-state index contributed by atoms with van der Waals surface area (Å²) >= 11 is 0. The molecule has 0 fully saturated rings. The molecule has 0 aliphatic carbocycles. The maximum Gasteiger partial charge on any atom is 0.186 e. The number of likely N-dealkylation sites (N-methyl/N-ethyl adjacent to an activating group) is 1. The molecule has 1 rings (SSSR count). The van der Waals surface area contributed by atoms with Gasteiger partial charge in [0.25, 0.3) is 0 Å². The van der Waals surface area contributed by atoms with Crippen molar-refractivity contribution in [1.29, 1.82) is 0 Å². The molecule has 0 bridgehead atoms. The number of nitrogens with zero attached hydrogens (tertiary/aromatic N) is 1. The van der Waals surface area contributed by atoms with Crippen LogP contribution in [-0.2, 0) is 0 Å². The minimum absolute atomic E-state index is 0.121. The van der Waals surface area contributed by atoms with E-state index >= 15 is 0 Å². The Bertz CT molecular complexity index is 488. The molecule has 0 aliphatic rings. The van der Waals surface area contributed by atoms with Crippen LogP contribution in [0.1, 0.15) is 49.2 Å². The number of Topliss-reactive ketones (excluding diaryl/α,β-unsaturated/α-hetero) is 1. The Morgan fingerprint density at radius 1 is 1.20 bits per heavy atom. The molecule has 0 spiro atoms. The number of carbonyl (C=O) groups is 1. The quantitative estimate of drug-likeness (QED) is 0.744. The summed E-state index contributed by atoms with van der Waals surface area (Å²) in [6.45, 7) is 13.8. The second kappa shape index (κ2) is 6.40. The Hall–Kier alpha value is -1.35. The third-order valence-electron chi connectivity index (χ3n) is 4.00. The smallest absolute Gasteiger partial charge is 0.186 e. The zero-order chi connectivity index (χ0) is 15.5. The van der Waals surface area contributed by atoms with Gasteiger partial charge in [0, 0.05) is 0 Å². The average Bonchev–Trinajstić information content (AvgIpc) is 2.38. The number of hydrogen-bond donors (Lipinski definition) is 0. The largest absolute Gasteiger partial charge is 0.496 e. The molecule has 0 saturated heterocycles. The van der Waals surface area contributed by atoms with Crippen LogP contribution >= 0.6 is 0 Å². The van der Waals surface area contributed by atoms with Crippen molar-refractivity contribution in [2.24, 2.45) is 0 Å². The molecule has 1 aromatic carbocycles. The molecule has 0 radical (unpaired) electrons. The number of ketones is 1. The van der Waals surface area contributed by atoms with Gasteiger partial charge < -0.3 is 4.74 Å². The molecule has 0 aliphatic heterocycles. The standard InChI is InChI=1S/C17H27NO2/c1-8-18(9-2)17(5,6)16(19)15-13(4)10-12(3)11-14(15)20-7/h10-11H,8-9H2,1-7H3. The van der Waals surface area contributed by atoms with Gasteiger partial charge in [-0.15, -0.1) is 0 Å². The summed E-state index contributed by atoms with van der Waals surface area (Å²) in [5.74, 6) is 0.795. The van der Waals surface area contributed by atoms with Crippen molar-refractivity contribution in [3.05, 3.63) is 28.8 Å². The average molecular weight is 277 g/mol. The predicted molar refractivity (Wildman–Crippen MR) is 83.8 cm³/mol. The summed E-state index contributed by atoms with van der Waals surface area (Å²) in [7, 11) is 1.62. The highest BCUT2D eigenvalue weighted by atomic mass is 16.5. The fourth-order valence-corrected chi connectivity index (χ4v) is 2.84. The lowest BCUT2D eigenvalue weighted by Crippen LogP contribution is -2.50. The lowest BCUT2D eigenvalue weighted by Gasteiger charge is -2.36. The first-order chi connectivity index (χ1) is 9.29. The van der Waals surface area contributed by atoms with E-state index in [-0.39, 0.29) is 5.78 Å². The number of hydrogen-bond acceptors (Lipinski definition) is 3. The second-order valence-electron chi connectivity index (χ2n) is 5.72. The van der Waals surface area contributed by atoms with Crippen LogP contribution in [0.5, 0.6) is 5.75 Å². The van der Waals surface area contributed by atoms with Crippen molar-refractivity contribution < 1.29 is 9.53 Å². The first-order valence-electron chi connectivity index (χ1n) is 7.24. The van der Waals surface area contributed by atoms with Crippen LogP contribution in [-0.4, -0.2) is 36.4 Å². The predicted octanol–water partition coefficient (Wildman–Crippen LogP) is 3.62. The number of carbonyl (C=O) groups excluding carboxylic acids is 1. The molecule has 20 heavy (non-hydrogen) atoms. The Morgan fingerprint density at radius 2 is 1.75 bits per heavy atom. The van der Waals surface area contributed by atoms with E-state index in [0.717, 1.165) is 24.2 Å². The molecule has 0 atom stereocenters. The SMILES string of the molecule is CCN(CC)C(C)(C)C(=O)c1c(C)cc(C)cc1OC. The lowest BCUT2D eigenvalue weighted by molar-refractivity contribution is 0.0665. The van der Waals surface area contributed by atoms with E-state index in [1.54, 1.807) is 7.11 Å². The first-order valence-corrected chi connectivity index (χ1v) is 7.24. The molecule has 3 heteroatoms. The maximum atomic E-state index is 13.0. The number of rotatable bonds is 6. The lowest BCUT2D eigenvalue weighted by atomic mass is 9.87. The van der Waals surface area contributed by atoms with E-state index in [2.05, 4.69) is 18.7 Å². The van der Waals surface area contributed by atoms with Crippen molar-refractivity contribution >= 4 is 5.78 Å². The Balaban J connectivity index is 3.34. The highest BCUT2D eigenvalue weighted by molar-refractivity contribution is 6.06. The van der Waals surface area contributed by atoms with Gasteiger partial charge in [-0.2, -0.15) is 0 Å². The molecule has 3 nitrogen and oxygen atoms in total. The topological polar surface area (TPSA) is 29.5 Å². The van der Waals surface area contributed by atoms with Gasteiger partial charge in [0.1, 0.15) is 5.75 Å². The highest BCUT2D eigenvalue weighted by Gasteiger charge is 2.35. The zero-order valence-electron chi connectivity index (χ0n) is 13.8. The van der Waals surface area contributed by atoms with Crippen molar-refractivity contribution in [1.82, 2.24) is 4.90 Å². The van der Waals surface area contributed by atoms with E-state index in [4.69, 9.17) is 4.74 Å². The van der Waals surface area contributed by atoms with Gasteiger partial charge in [0.2, 0.25) is 0 Å². The zero-order valence-corrected chi connectivity index (χ0v) is 13.8. The van der Waals surface area contributed by atoms with Crippen molar-refractivity contribution in [2.45, 2.75) is 47.1 Å². The minimum Gasteiger partial charge on any atom is -0.496 e. The van der Waals surface area contributed by atoms with Crippen molar-refractivity contribution in [2.75, 3.05) is 20.2 Å². The van der Waals surface area contributed by atoms with Gasteiger partial charge in [0.05, 0.1) is 18.2 Å². The van der Waals surface area contributed by atoms with Gasteiger partial charge in [0.15, 0.2) is 5.78 Å². The van der Waals surface area contributed by atoms with Gasteiger partial charge in [-0.1, -0.05) is 19.9 Å². The Morgan fingerprint density at radius 3 is 2.20 bits per heavy atom. The first kappa shape index (κ1) is 16.7. The van der Waals surface area contributed by atoms with E-state index < -0.39 is 5.54 Å². The molecule has 1 aromatic rings. The van der Waals surface area contributed by atoms with E-state index in [1.165, 1.54) is 0 Å². The van der Waals surface area contributed by atoms with Crippen molar-refractivity contribution in [3.63, 3.8) is 0 Å². The summed E-state index contributed by atoms with van der Waals surface area (Å²) in [6, 6.07) is 3.96. The number of aryl methyl sites for hydroxylation is 2.